The summed E-state index contributed by atoms with van der Waals surface area (Å²) < 4.78 is 1.88. The minimum absolute atomic E-state index is 0.0619. The number of hydrogen-bond donors (Lipinski definition) is 1. The zero-order valence-electron chi connectivity index (χ0n) is 19.5. The Morgan fingerprint density at radius 1 is 1.09 bits per heavy atom. The maximum absolute atomic E-state index is 12.8. The Hall–Kier alpha value is -3.46. The SMILES string of the molecule is CC(C)CC(=O)c1ccc(C(=O)Nc2cc3n(n2)CCN3c2ccc3c(c2)CCN(C)C3=O)s1. The van der Waals surface area contributed by atoms with Crippen molar-refractivity contribution in [3.63, 3.8) is 0 Å². The molecule has 9 heteroatoms. The van der Waals surface area contributed by atoms with Gasteiger partial charge in [-0.2, -0.15) is 5.10 Å². The van der Waals surface area contributed by atoms with E-state index in [4.69, 9.17) is 0 Å². The van der Waals surface area contributed by atoms with E-state index in [9.17, 15) is 14.4 Å². The Bertz CT molecular complexity index is 1290. The summed E-state index contributed by atoms with van der Waals surface area (Å²) in [7, 11) is 1.83. The van der Waals surface area contributed by atoms with Crippen LogP contribution in [-0.4, -0.2) is 52.4 Å². The monoisotopic (exact) mass is 477 g/mol. The highest BCUT2D eigenvalue weighted by Gasteiger charge is 2.27. The summed E-state index contributed by atoms with van der Waals surface area (Å²) in [5.74, 6) is 1.50. The van der Waals surface area contributed by atoms with Crippen molar-refractivity contribution in [2.24, 2.45) is 5.92 Å². The molecule has 3 aromatic rings. The lowest BCUT2D eigenvalue weighted by molar-refractivity contribution is 0.0780. The van der Waals surface area contributed by atoms with Gasteiger partial charge in [-0.05, 0) is 48.2 Å². The van der Waals surface area contributed by atoms with Crippen LogP contribution in [0.3, 0.4) is 0 Å². The molecule has 1 aromatic carbocycles. The maximum atomic E-state index is 12.8. The molecule has 0 aliphatic carbocycles. The van der Waals surface area contributed by atoms with Crippen LogP contribution in [0.25, 0.3) is 0 Å². The summed E-state index contributed by atoms with van der Waals surface area (Å²) in [6.45, 7) is 6.20. The number of fused-ring (bicyclic) bond motifs is 2. The predicted molar refractivity (Wildman–Crippen MR) is 132 cm³/mol. The molecule has 0 unspecified atom stereocenters. The van der Waals surface area contributed by atoms with Gasteiger partial charge in [0.05, 0.1) is 16.3 Å². The molecule has 2 aliphatic heterocycles. The molecule has 2 amide bonds. The number of rotatable bonds is 6. The topological polar surface area (TPSA) is 87.5 Å². The molecule has 0 fully saturated rings. The molecule has 0 saturated carbocycles. The number of Topliss-reactive ketones (excluding diaryl/α,β-unsaturated/α-hetero) is 1. The number of anilines is 3. The Kier molecular flexibility index (Phi) is 5.73. The van der Waals surface area contributed by atoms with Crippen molar-refractivity contribution < 1.29 is 14.4 Å². The largest absolute Gasteiger partial charge is 0.341 e. The molecule has 0 radical (unpaired) electrons. The van der Waals surface area contributed by atoms with Crippen molar-refractivity contribution >= 4 is 46.3 Å². The summed E-state index contributed by atoms with van der Waals surface area (Å²) in [5.41, 5.74) is 2.84. The Morgan fingerprint density at radius 2 is 1.88 bits per heavy atom. The standard InChI is InChI=1S/C25H27N5O3S/c1-15(2)12-19(31)20-6-7-21(34-20)24(32)26-22-14-23-29(10-11-30(23)27-22)17-4-5-18-16(13-17)8-9-28(3)25(18)33/h4-7,13-15H,8-12H2,1-3H3,(H,26,27,32). The Balaban J connectivity index is 1.31. The molecule has 2 aliphatic rings. The quantitative estimate of drug-likeness (QED) is 0.538. The molecule has 0 bridgehead atoms. The number of nitrogens with zero attached hydrogens (tertiary/aromatic N) is 4. The highest BCUT2D eigenvalue weighted by molar-refractivity contribution is 7.16. The van der Waals surface area contributed by atoms with Gasteiger partial charge >= 0.3 is 0 Å². The molecule has 0 saturated heterocycles. The minimum Gasteiger partial charge on any atom is -0.341 e. The van der Waals surface area contributed by atoms with Crippen LogP contribution in [0.2, 0.25) is 0 Å². The molecule has 0 atom stereocenters. The van der Waals surface area contributed by atoms with Crippen LogP contribution in [0, 0.1) is 5.92 Å². The van der Waals surface area contributed by atoms with Crippen LogP contribution in [0.4, 0.5) is 17.3 Å². The van der Waals surface area contributed by atoms with Crippen molar-refractivity contribution in [3.8, 4) is 0 Å². The van der Waals surface area contributed by atoms with Crippen LogP contribution < -0.4 is 10.2 Å². The lowest BCUT2D eigenvalue weighted by atomic mass is 9.98. The Labute approximate surface area is 202 Å². The van der Waals surface area contributed by atoms with E-state index >= 15 is 0 Å². The number of amides is 2. The summed E-state index contributed by atoms with van der Waals surface area (Å²) in [6, 6.07) is 11.2. The van der Waals surface area contributed by atoms with Crippen LogP contribution in [0.5, 0.6) is 0 Å². The highest BCUT2D eigenvalue weighted by Crippen LogP contribution is 2.34. The smallest absolute Gasteiger partial charge is 0.266 e. The Morgan fingerprint density at radius 3 is 2.68 bits per heavy atom. The second kappa shape index (κ2) is 8.72. The van der Waals surface area contributed by atoms with Gasteiger partial charge in [-0.25, -0.2) is 4.68 Å². The number of carbonyl (C=O) groups excluding carboxylic acids is 3. The second-order valence-corrected chi connectivity index (χ2v) is 10.3. The summed E-state index contributed by atoms with van der Waals surface area (Å²) in [4.78, 5) is 42.4. The lowest BCUT2D eigenvalue weighted by Gasteiger charge is -2.26. The van der Waals surface area contributed by atoms with Crippen LogP contribution in [0.1, 0.15) is 55.5 Å². The molecule has 34 heavy (non-hydrogen) atoms. The molecule has 176 valence electrons. The minimum atomic E-state index is -0.270. The normalized spacial score (nSPS) is 15.0. The molecular weight excluding hydrogens is 450 g/mol. The van der Waals surface area contributed by atoms with E-state index in [2.05, 4.69) is 21.4 Å². The van der Waals surface area contributed by atoms with Crippen molar-refractivity contribution in [3.05, 3.63) is 57.3 Å². The van der Waals surface area contributed by atoms with E-state index in [-0.39, 0.29) is 23.5 Å². The van der Waals surface area contributed by atoms with E-state index in [1.54, 1.807) is 17.0 Å². The van der Waals surface area contributed by atoms with E-state index in [1.165, 1.54) is 11.3 Å². The first-order valence-corrected chi connectivity index (χ1v) is 12.3. The first-order valence-electron chi connectivity index (χ1n) is 11.5. The average Bonchev–Trinajstić information content (AvgIpc) is 3.51. The van der Waals surface area contributed by atoms with Crippen molar-refractivity contribution in [2.75, 3.05) is 30.4 Å². The van der Waals surface area contributed by atoms with Crippen molar-refractivity contribution in [1.82, 2.24) is 14.7 Å². The van der Waals surface area contributed by atoms with Crippen LogP contribution in [0.15, 0.2) is 36.4 Å². The predicted octanol–water partition coefficient (Wildman–Crippen LogP) is 4.21. The van der Waals surface area contributed by atoms with Gasteiger partial charge in [0.15, 0.2) is 11.6 Å². The van der Waals surface area contributed by atoms with Gasteiger partial charge in [0.25, 0.3) is 11.8 Å². The molecular formula is C25H27N5O3S. The highest BCUT2D eigenvalue weighted by atomic mass is 32.1. The third-order valence-electron chi connectivity index (χ3n) is 6.20. The lowest BCUT2D eigenvalue weighted by Crippen LogP contribution is -2.34. The van der Waals surface area contributed by atoms with E-state index in [0.717, 1.165) is 42.1 Å². The number of aromatic nitrogens is 2. The van der Waals surface area contributed by atoms with E-state index < -0.39 is 0 Å². The van der Waals surface area contributed by atoms with E-state index in [1.807, 2.05) is 43.8 Å². The van der Waals surface area contributed by atoms with Crippen LogP contribution in [-0.2, 0) is 13.0 Å². The van der Waals surface area contributed by atoms with Gasteiger partial charge in [-0.3, -0.25) is 14.4 Å². The fourth-order valence-corrected chi connectivity index (χ4v) is 5.29. The van der Waals surface area contributed by atoms with Gasteiger partial charge in [-0.1, -0.05) is 13.8 Å². The number of likely N-dealkylation sites (N-methyl/N-ethyl adjacent to an activating group) is 1. The van der Waals surface area contributed by atoms with Gasteiger partial charge in [0.1, 0.15) is 5.82 Å². The fraction of sp³-hybridized carbons (Fsp3) is 0.360. The zero-order valence-corrected chi connectivity index (χ0v) is 20.3. The van der Waals surface area contributed by atoms with Gasteiger partial charge in [-0.15, -0.1) is 11.3 Å². The summed E-state index contributed by atoms with van der Waals surface area (Å²) in [6.07, 6.45) is 1.31. The number of nitrogens with one attached hydrogen (secondary N) is 1. The molecule has 4 heterocycles. The molecule has 5 rings (SSSR count). The molecule has 1 N–H and O–H groups in total. The number of benzene rings is 1. The van der Waals surface area contributed by atoms with Crippen LogP contribution >= 0.6 is 11.3 Å². The number of ketones is 1. The third kappa shape index (κ3) is 4.11. The van der Waals surface area contributed by atoms with E-state index in [0.29, 0.717) is 28.5 Å². The zero-order chi connectivity index (χ0) is 24.0. The first-order chi connectivity index (χ1) is 16.3. The summed E-state index contributed by atoms with van der Waals surface area (Å²) in [5, 5.41) is 7.41. The van der Waals surface area contributed by atoms with Gasteiger partial charge < -0.3 is 15.1 Å². The second-order valence-electron chi connectivity index (χ2n) is 9.22. The molecule has 0 spiro atoms. The average molecular weight is 478 g/mol. The number of carbonyl (C=O) groups is 3. The summed E-state index contributed by atoms with van der Waals surface area (Å²) >= 11 is 1.21. The molecule has 8 nitrogen and oxygen atoms in total. The first kappa shape index (κ1) is 22.3. The maximum Gasteiger partial charge on any atom is 0.266 e. The number of hydrogen-bond acceptors (Lipinski definition) is 6. The third-order valence-corrected chi connectivity index (χ3v) is 7.33. The van der Waals surface area contributed by atoms with Crippen molar-refractivity contribution in [2.45, 2.75) is 33.2 Å². The van der Waals surface area contributed by atoms with Crippen molar-refractivity contribution in [1.29, 1.82) is 0 Å². The fourth-order valence-electron chi connectivity index (χ4n) is 4.44. The van der Waals surface area contributed by atoms with Gasteiger partial charge in [0, 0.05) is 43.9 Å². The van der Waals surface area contributed by atoms with Gasteiger partial charge in [0.2, 0.25) is 0 Å². The molecule has 2 aromatic heterocycles. The number of thiophene rings is 1.